The van der Waals surface area contributed by atoms with Crippen LogP contribution in [0.15, 0.2) is 23.3 Å². The van der Waals surface area contributed by atoms with Crippen LogP contribution >= 0.6 is 0 Å². The quantitative estimate of drug-likeness (QED) is 0.0812. The number of carbonyl (C=O) groups is 3. The molecule has 3 aliphatic carbocycles. The van der Waals surface area contributed by atoms with Gasteiger partial charge in [-0.25, -0.2) is 0 Å². The number of allylic oxidation sites excluding steroid dienone is 4. The van der Waals surface area contributed by atoms with E-state index in [2.05, 4.69) is 60.6 Å². The fraction of sp³-hybridized carbons (Fsp3) is 0.825. The van der Waals surface area contributed by atoms with Crippen LogP contribution in [-0.2, 0) is 28.6 Å². The van der Waals surface area contributed by atoms with Crippen LogP contribution in [0.25, 0.3) is 0 Å². The van der Waals surface area contributed by atoms with E-state index in [4.69, 9.17) is 14.2 Å². The maximum Gasteiger partial charge on any atom is 0.317 e. The second-order valence-electron chi connectivity index (χ2n) is 16.9. The van der Waals surface area contributed by atoms with Crippen LogP contribution in [0.3, 0.4) is 0 Å². The Morgan fingerprint density at radius 2 is 1.70 bits per heavy atom. The van der Waals surface area contributed by atoms with Gasteiger partial charge in [-0.15, -0.1) is 0 Å². The van der Waals surface area contributed by atoms with E-state index in [1.165, 1.54) is 18.1 Å². The van der Waals surface area contributed by atoms with Crippen molar-refractivity contribution < 1.29 is 33.7 Å². The molecule has 0 bridgehead atoms. The largest absolute Gasteiger partial charge is 0.466 e. The monoisotopic (exact) mass is 658 g/mol. The van der Waals surface area contributed by atoms with E-state index in [1.807, 2.05) is 6.92 Å². The molecule has 6 atom stereocenters. The van der Waals surface area contributed by atoms with Gasteiger partial charge in [-0.05, 0) is 145 Å². The molecule has 3 rings (SSSR count). The van der Waals surface area contributed by atoms with Crippen molar-refractivity contribution in [1.82, 2.24) is 0 Å². The lowest BCUT2D eigenvalue weighted by Gasteiger charge is -2.58. The van der Waals surface area contributed by atoms with Gasteiger partial charge in [0.1, 0.15) is 12.5 Å². The van der Waals surface area contributed by atoms with Crippen molar-refractivity contribution >= 4 is 17.9 Å². The summed E-state index contributed by atoms with van der Waals surface area (Å²) in [4.78, 5) is 36.9. The van der Waals surface area contributed by atoms with Gasteiger partial charge in [-0.3, -0.25) is 14.4 Å². The van der Waals surface area contributed by atoms with Gasteiger partial charge >= 0.3 is 17.9 Å². The zero-order valence-electron chi connectivity index (χ0n) is 31.1. The topological polar surface area (TPSA) is 99.1 Å². The Kier molecular flexibility index (Phi) is 14.2. The molecule has 0 amide bonds. The Labute approximate surface area is 285 Å². The van der Waals surface area contributed by atoms with Gasteiger partial charge < -0.3 is 19.3 Å². The summed E-state index contributed by atoms with van der Waals surface area (Å²) >= 11 is 0. The minimum atomic E-state index is -0.681. The minimum absolute atomic E-state index is 0.00994. The highest BCUT2D eigenvalue weighted by molar-refractivity contribution is 5.91. The number of aliphatic hydroxyl groups is 1. The number of carbonyl (C=O) groups excluding carboxylic acids is 3. The highest BCUT2D eigenvalue weighted by atomic mass is 16.6. The maximum atomic E-state index is 13.0. The zero-order chi connectivity index (χ0) is 35.0. The van der Waals surface area contributed by atoms with Gasteiger partial charge in [0, 0.05) is 6.92 Å². The maximum absolute atomic E-state index is 13.0. The molecule has 2 fully saturated rings. The molecule has 3 aliphatic rings. The van der Waals surface area contributed by atoms with Gasteiger partial charge in [0.25, 0.3) is 0 Å². The van der Waals surface area contributed by atoms with E-state index < -0.39 is 17.5 Å². The number of esters is 3. The SMILES string of the molecule is CC(=O)OCC[C@@H](C)CC[C@@H]1C(C)=CC[C@@H]2C(C)(C)C[C@@H](OC(=O)CC(=O)OCC3CCC([C@@](C)(O)CCC=C(C)C)CC3)C[C@@]12C. The lowest BCUT2D eigenvalue weighted by molar-refractivity contribution is -0.168. The van der Waals surface area contributed by atoms with Gasteiger partial charge in [-0.1, -0.05) is 51.0 Å². The molecule has 0 unspecified atom stereocenters. The van der Waals surface area contributed by atoms with Gasteiger partial charge in [-0.2, -0.15) is 0 Å². The molecular weight excluding hydrogens is 592 g/mol. The summed E-state index contributed by atoms with van der Waals surface area (Å²) in [5.41, 5.74) is 1.99. The standard InChI is InChI=1S/C40H66O7/c1-27(2)11-10-21-40(9,44)32-16-14-31(15-17-32)26-46-36(42)23-37(43)47-33-24-38(6,7)35-19-13-29(4)34(39(35,8)25-33)18-12-28(3)20-22-45-30(5)41/h11,13,28,31-35,44H,10,12,14-26H2,1-9H3/t28-,31?,32?,33+,34+,35+,39-,40-/m0/s1. The van der Waals surface area contributed by atoms with Crippen LogP contribution in [0.4, 0.5) is 0 Å². The van der Waals surface area contributed by atoms with E-state index in [1.54, 1.807) is 0 Å². The zero-order valence-corrected chi connectivity index (χ0v) is 31.1. The van der Waals surface area contributed by atoms with Crippen LogP contribution in [0.1, 0.15) is 146 Å². The van der Waals surface area contributed by atoms with Gasteiger partial charge in [0.15, 0.2) is 0 Å². The second kappa shape index (κ2) is 17.0. The van der Waals surface area contributed by atoms with E-state index in [9.17, 15) is 19.5 Å². The molecule has 1 N–H and O–H groups in total. The summed E-state index contributed by atoms with van der Waals surface area (Å²) in [6, 6.07) is 0. The molecule has 7 nitrogen and oxygen atoms in total. The van der Waals surface area contributed by atoms with Crippen LogP contribution in [0.5, 0.6) is 0 Å². The summed E-state index contributed by atoms with van der Waals surface area (Å²) in [5.74, 6) is 0.608. The first-order chi connectivity index (χ1) is 21.9. The van der Waals surface area contributed by atoms with Crippen molar-refractivity contribution in [2.24, 2.45) is 40.4 Å². The van der Waals surface area contributed by atoms with Crippen molar-refractivity contribution in [2.45, 2.75) is 157 Å². The molecule has 0 aromatic carbocycles. The van der Waals surface area contributed by atoms with Crippen molar-refractivity contribution in [3.05, 3.63) is 23.3 Å². The molecule has 7 heteroatoms. The molecule has 0 aromatic heterocycles. The first-order valence-electron chi connectivity index (χ1n) is 18.4. The fourth-order valence-electron chi connectivity index (χ4n) is 9.32. The van der Waals surface area contributed by atoms with Gasteiger partial charge in [0.05, 0.1) is 18.8 Å². The molecule has 0 aliphatic heterocycles. The number of ether oxygens (including phenoxy) is 3. The van der Waals surface area contributed by atoms with E-state index in [0.717, 1.165) is 77.0 Å². The molecule has 0 saturated heterocycles. The minimum Gasteiger partial charge on any atom is -0.466 e. The van der Waals surface area contributed by atoms with Crippen molar-refractivity contribution in [3.8, 4) is 0 Å². The predicted octanol–water partition coefficient (Wildman–Crippen LogP) is 8.91. The van der Waals surface area contributed by atoms with Crippen LogP contribution in [0, 0.1) is 40.4 Å². The number of rotatable bonds is 15. The van der Waals surface area contributed by atoms with Crippen molar-refractivity contribution in [2.75, 3.05) is 13.2 Å². The van der Waals surface area contributed by atoms with Crippen molar-refractivity contribution in [3.63, 3.8) is 0 Å². The highest BCUT2D eigenvalue weighted by Crippen LogP contribution is 2.61. The Balaban J connectivity index is 1.48. The average Bonchev–Trinajstić information content (AvgIpc) is 2.94. The first kappa shape index (κ1) is 39.3. The van der Waals surface area contributed by atoms with Crippen LogP contribution in [0.2, 0.25) is 0 Å². The lowest BCUT2D eigenvalue weighted by atomic mass is 9.47. The fourth-order valence-corrected chi connectivity index (χ4v) is 9.32. The van der Waals surface area contributed by atoms with Crippen LogP contribution in [-0.4, -0.2) is 47.9 Å². The molecule has 0 radical (unpaired) electrons. The Bertz CT molecular complexity index is 1120. The summed E-state index contributed by atoms with van der Waals surface area (Å²) in [6.45, 7) is 19.8. The normalized spacial score (nSPS) is 30.5. The lowest BCUT2D eigenvalue weighted by Crippen LogP contribution is -2.53. The molecule has 0 aromatic rings. The molecule has 0 heterocycles. The number of hydrogen-bond donors (Lipinski definition) is 1. The Morgan fingerprint density at radius 3 is 2.34 bits per heavy atom. The van der Waals surface area contributed by atoms with Crippen molar-refractivity contribution in [1.29, 1.82) is 0 Å². The Morgan fingerprint density at radius 1 is 1.02 bits per heavy atom. The third-order valence-corrected chi connectivity index (χ3v) is 12.0. The van der Waals surface area contributed by atoms with Gasteiger partial charge in [0.2, 0.25) is 0 Å². The third kappa shape index (κ3) is 11.5. The second-order valence-corrected chi connectivity index (χ2v) is 16.9. The molecule has 0 spiro atoms. The summed E-state index contributed by atoms with van der Waals surface area (Å²) in [5, 5.41) is 11.0. The van der Waals surface area contributed by atoms with E-state index >= 15 is 0 Å². The smallest absolute Gasteiger partial charge is 0.317 e. The third-order valence-electron chi connectivity index (χ3n) is 12.0. The highest BCUT2D eigenvalue weighted by Gasteiger charge is 2.55. The number of fused-ring (bicyclic) bond motifs is 1. The first-order valence-corrected chi connectivity index (χ1v) is 18.4. The molecule has 2 saturated carbocycles. The summed E-state index contributed by atoms with van der Waals surface area (Å²) in [7, 11) is 0. The summed E-state index contributed by atoms with van der Waals surface area (Å²) < 4.78 is 16.8. The van der Waals surface area contributed by atoms with Crippen LogP contribution < -0.4 is 0 Å². The number of hydrogen-bond acceptors (Lipinski definition) is 7. The predicted molar refractivity (Wildman–Crippen MR) is 186 cm³/mol. The molecule has 268 valence electrons. The average molecular weight is 659 g/mol. The summed E-state index contributed by atoms with van der Waals surface area (Å²) in [6.07, 6.45) is 14.9. The van der Waals surface area contributed by atoms with E-state index in [0.29, 0.717) is 31.0 Å². The molecular formula is C40H66O7. The van der Waals surface area contributed by atoms with E-state index in [-0.39, 0.29) is 41.2 Å². The molecule has 47 heavy (non-hydrogen) atoms. The Hall–Kier alpha value is -2.15.